The van der Waals surface area contributed by atoms with Gasteiger partial charge in [0.1, 0.15) is 4.88 Å². The van der Waals surface area contributed by atoms with Crippen LogP contribution in [0.25, 0.3) is 0 Å². The third-order valence-electron chi connectivity index (χ3n) is 3.97. The molecular formula is C15H20N4OS. The second-order valence-corrected chi connectivity index (χ2v) is 6.90. The van der Waals surface area contributed by atoms with Crippen LogP contribution in [0.2, 0.25) is 0 Å². The average Bonchev–Trinajstić information content (AvgIpc) is 3.08. The van der Waals surface area contributed by atoms with Gasteiger partial charge in [-0.1, -0.05) is 0 Å². The van der Waals surface area contributed by atoms with E-state index in [1.165, 1.54) is 17.8 Å². The zero-order valence-corrected chi connectivity index (χ0v) is 13.2. The van der Waals surface area contributed by atoms with Crippen LogP contribution in [0, 0.1) is 19.8 Å². The molecule has 0 spiro atoms. The predicted octanol–water partition coefficient (Wildman–Crippen LogP) is 2.58. The highest BCUT2D eigenvalue weighted by molar-refractivity contribution is 7.13. The lowest BCUT2D eigenvalue weighted by Crippen LogP contribution is -2.40. The maximum Gasteiger partial charge on any atom is 0.265 e. The van der Waals surface area contributed by atoms with Crippen molar-refractivity contribution < 1.29 is 4.79 Å². The van der Waals surface area contributed by atoms with E-state index in [9.17, 15) is 4.79 Å². The number of piperidine rings is 1. The summed E-state index contributed by atoms with van der Waals surface area (Å²) in [5, 5.41) is 7.96. The van der Waals surface area contributed by atoms with Crippen molar-refractivity contribution in [1.29, 1.82) is 0 Å². The van der Waals surface area contributed by atoms with Crippen molar-refractivity contribution in [3.63, 3.8) is 0 Å². The van der Waals surface area contributed by atoms with Crippen molar-refractivity contribution in [3.05, 3.63) is 33.5 Å². The topological polar surface area (TPSA) is 61.9 Å². The van der Waals surface area contributed by atoms with Crippen LogP contribution in [0.4, 0.5) is 0 Å². The van der Waals surface area contributed by atoms with Crippen molar-refractivity contribution in [3.8, 4) is 0 Å². The Labute approximate surface area is 128 Å². The Morgan fingerprint density at radius 2 is 2.38 bits per heavy atom. The Bertz CT molecular complexity index is 620. The quantitative estimate of drug-likeness (QED) is 0.948. The van der Waals surface area contributed by atoms with Crippen LogP contribution in [-0.2, 0) is 6.42 Å². The summed E-state index contributed by atoms with van der Waals surface area (Å²) in [6.45, 7) is 5.55. The van der Waals surface area contributed by atoms with Gasteiger partial charge >= 0.3 is 0 Å². The highest BCUT2D eigenvalue weighted by Crippen LogP contribution is 2.24. The largest absolute Gasteiger partial charge is 0.338 e. The molecule has 1 aliphatic heterocycles. The molecule has 6 heteroatoms. The number of nitrogens with one attached hydrogen (secondary N) is 1. The lowest BCUT2D eigenvalue weighted by atomic mass is 9.93. The van der Waals surface area contributed by atoms with Gasteiger partial charge in [-0.05, 0) is 45.1 Å². The number of amides is 1. The molecule has 0 bridgehead atoms. The number of aryl methyl sites for hydroxylation is 2. The van der Waals surface area contributed by atoms with E-state index in [1.807, 2.05) is 24.8 Å². The molecule has 0 aliphatic carbocycles. The highest BCUT2D eigenvalue weighted by Gasteiger charge is 2.27. The summed E-state index contributed by atoms with van der Waals surface area (Å²) in [6, 6.07) is 2.01. The Kier molecular flexibility index (Phi) is 4.05. The summed E-state index contributed by atoms with van der Waals surface area (Å²) in [4.78, 5) is 19.8. The minimum absolute atomic E-state index is 0.146. The number of H-pyrrole nitrogens is 1. The number of aromatic nitrogens is 3. The van der Waals surface area contributed by atoms with Gasteiger partial charge < -0.3 is 4.90 Å². The number of thiazole rings is 1. The standard InChI is InChI=1S/C15H20N4OS/c1-10-14(21-11(2)17-10)15(20)19-7-3-4-12(9-19)8-13-5-6-16-18-13/h5-6,12H,3-4,7-9H2,1-2H3,(H,16,18). The molecule has 0 radical (unpaired) electrons. The first-order valence-corrected chi connectivity index (χ1v) is 8.16. The fraction of sp³-hybridized carbons (Fsp3) is 0.533. The summed E-state index contributed by atoms with van der Waals surface area (Å²) in [7, 11) is 0. The Balaban J connectivity index is 1.68. The molecule has 1 aliphatic rings. The smallest absolute Gasteiger partial charge is 0.265 e. The number of carbonyl (C=O) groups is 1. The summed E-state index contributed by atoms with van der Waals surface area (Å²) in [6.07, 6.45) is 4.99. The van der Waals surface area contributed by atoms with E-state index in [4.69, 9.17) is 0 Å². The molecular weight excluding hydrogens is 284 g/mol. The molecule has 1 fully saturated rings. The van der Waals surface area contributed by atoms with Crippen LogP contribution in [0.3, 0.4) is 0 Å². The molecule has 0 saturated carbocycles. The summed E-state index contributed by atoms with van der Waals surface area (Å²) in [5.41, 5.74) is 2.01. The lowest BCUT2D eigenvalue weighted by molar-refractivity contribution is 0.0676. The van der Waals surface area contributed by atoms with E-state index in [1.54, 1.807) is 6.20 Å². The molecule has 5 nitrogen and oxygen atoms in total. The molecule has 0 aromatic carbocycles. The minimum Gasteiger partial charge on any atom is -0.338 e. The summed E-state index contributed by atoms with van der Waals surface area (Å²) in [5.74, 6) is 0.657. The molecule has 1 N–H and O–H groups in total. The van der Waals surface area contributed by atoms with Gasteiger partial charge in [-0.2, -0.15) is 5.10 Å². The molecule has 1 saturated heterocycles. The first kappa shape index (κ1) is 14.3. The number of likely N-dealkylation sites (tertiary alicyclic amines) is 1. The molecule has 2 aromatic heterocycles. The molecule has 1 unspecified atom stereocenters. The maximum atomic E-state index is 12.7. The summed E-state index contributed by atoms with van der Waals surface area (Å²) < 4.78 is 0. The van der Waals surface area contributed by atoms with Crippen LogP contribution >= 0.6 is 11.3 Å². The average molecular weight is 304 g/mol. The maximum absolute atomic E-state index is 12.7. The van der Waals surface area contributed by atoms with E-state index < -0.39 is 0 Å². The Hall–Kier alpha value is -1.69. The molecule has 112 valence electrons. The fourth-order valence-electron chi connectivity index (χ4n) is 3.00. The first-order valence-electron chi connectivity index (χ1n) is 7.35. The van der Waals surface area contributed by atoms with E-state index in [2.05, 4.69) is 15.2 Å². The Morgan fingerprint density at radius 3 is 3.05 bits per heavy atom. The molecule has 1 atom stereocenters. The van der Waals surface area contributed by atoms with Gasteiger partial charge in [0.25, 0.3) is 5.91 Å². The second kappa shape index (κ2) is 5.97. The highest BCUT2D eigenvalue weighted by atomic mass is 32.1. The van der Waals surface area contributed by atoms with Gasteiger partial charge in [0.05, 0.1) is 10.7 Å². The normalized spacial score (nSPS) is 19.0. The van der Waals surface area contributed by atoms with E-state index in [-0.39, 0.29) is 5.91 Å². The third kappa shape index (κ3) is 3.15. The van der Waals surface area contributed by atoms with Gasteiger partial charge in [-0.3, -0.25) is 9.89 Å². The van der Waals surface area contributed by atoms with Crippen molar-refractivity contribution in [2.24, 2.45) is 5.92 Å². The summed E-state index contributed by atoms with van der Waals surface area (Å²) >= 11 is 1.50. The van der Waals surface area contributed by atoms with E-state index >= 15 is 0 Å². The number of rotatable bonds is 3. The number of aromatic amines is 1. The van der Waals surface area contributed by atoms with Gasteiger partial charge in [-0.25, -0.2) is 4.98 Å². The number of hydrogen-bond donors (Lipinski definition) is 1. The molecule has 3 rings (SSSR count). The van der Waals surface area contributed by atoms with Crippen LogP contribution < -0.4 is 0 Å². The number of carbonyl (C=O) groups excluding carboxylic acids is 1. The first-order chi connectivity index (χ1) is 10.1. The number of nitrogens with zero attached hydrogens (tertiary/aromatic N) is 3. The zero-order chi connectivity index (χ0) is 14.8. The van der Waals surface area contributed by atoms with Crippen LogP contribution in [0.1, 0.15) is 38.9 Å². The third-order valence-corrected chi connectivity index (χ3v) is 5.03. The molecule has 3 heterocycles. The van der Waals surface area contributed by atoms with Crippen molar-refractivity contribution in [1.82, 2.24) is 20.1 Å². The Morgan fingerprint density at radius 1 is 1.52 bits per heavy atom. The minimum atomic E-state index is 0.146. The lowest BCUT2D eigenvalue weighted by Gasteiger charge is -2.32. The molecule has 21 heavy (non-hydrogen) atoms. The van der Waals surface area contributed by atoms with Gasteiger partial charge in [0, 0.05) is 25.0 Å². The molecule has 1 amide bonds. The number of hydrogen-bond acceptors (Lipinski definition) is 4. The van der Waals surface area contributed by atoms with E-state index in [0.29, 0.717) is 5.92 Å². The molecule has 2 aromatic rings. The van der Waals surface area contributed by atoms with Crippen molar-refractivity contribution in [2.75, 3.05) is 13.1 Å². The second-order valence-electron chi connectivity index (χ2n) is 5.69. The zero-order valence-electron chi connectivity index (χ0n) is 12.4. The van der Waals surface area contributed by atoms with Gasteiger partial charge in [0.2, 0.25) is 0 Å². The van der Waals surface area contributed by atoms with Crippen LogP contribution in [-0.4, -0.2) is 39.1 Å². The fourth-order valence-corrected chi connectivity index (χ4v) is 3.89. The monoisotopic (exact) mass is 304 g/mol. The SMILES string of the molecule is Cc1nc(C)c(C(=O)N2CCCC(Cc3ccn[nH]3)C2)s1. The van der Waals surface area contributed by atoms with Gasteiger partial charge in [0.15, 0.2) is 0 Å². The van der Waals surface area contributed by atoms with Crippen molar-refractivity contribution in [2.45, 2.75) is 33.1 Å². The van der Waals surface area contributed by atoms with Crippen molar-refractivity contribution >= 4 is 17.2 Å². The van der Waals surface area contributed by atoms with Crippen LogP contribution in [0.15, 0.2) is 12.3 Å². The van der Waals surface area contributed by atoms with Crippen LogP contribution in [0.5, 0.6) is 0 Å². The van der Waals surface area contributed by atoms with E-state index in [0.717, 1.165) is 47.2 Å². The predicted molar refractivity (Wildman–Crippen MR) is 82.5 cm³/mol. The van der Waals surface area contributed by atoms with Gasteiger partial charge in [-0.15, -0.1) is 11.3 Å².